The van der Waals surface area contributed by atoms with Gasteiger partial charge < -0.3 is 19.5 Å². The number of rotatable bonds is 7. The first kappa shape index (κ1) is 22.9. The number of hydrogen-bond donors (Lipinski definition) is 1. The van der Waals surface area contributed by atoms with E-state index in [0.29, 0.717) is 22.7 Å². The van der Waals surface area contributed by atoms with E-state index in [1.807, 2.05) is 6.07 Å². The maximum Gasteiger partial charge on any atom is 0.338 e. The van der Waals surface area contributed by atoms with Crippen LogP contribution in [-0.2, 0) is 9.53 Å². The second-order valence-corrected chi connectivity index (χ2v) is 8.16. The van der Waals surface area contributed by atoms with Gasteiger partial charge in [0.2, 0.25) is 5.91 Å². The van der Waals surface area contributed by atoms with Crippen molar-refractivity contribution >= 4 is 39.6 Å². The van der Waals surface area contributed by atoms with Crippen molar-refractivity contribution in [1.29, 1.82) is 0 Å². The van der Waals surface area contributed by atoms with Crippen LogP contribution >= 0.6 is 15.9 Å². The molecule has 0 heterocycles. The zero-order valence-corrected chi connectivity index (χ0v) is 19.2. The maximum atomic E-state index is 12.3. The van der Waals surface area contributed by atoms with E-state index < -0.39 is 0 Å². The number of esters is 1. The molecular weight excluding hydrogens is 462 g/mol. The fourth-order valence-corrected chi connectivity index (χ4v) is 4.10. The lowest BCUT2D eigenvalue weighted by Gasteiger charge is -2.21. The van der Waals surface area contributed by atoms with Crippen LogP contribution in [0.25, 0.3) is 6.08 Å². The Morgan fingerprint density at radius 2 is 1.74 bits per heavy atom. The van der Waals surface area contributed by atoms with Crippen molar-refractivity contribution in [3.8, 4) is 11.5 Å². The standard InChI is InChI=1S/C24H26BrNO5/c1-29-21-15-16(14-20(25)23(21)30-2)8-13-22(27)26-18-11-9-17(10-12-18)24(28)31-19-6-4-3-5-7-19/h8-15,19H,3-7H2,1-2H3,(H,26,27)/b13-8+. The van der Waals surface area contributed by atoms with Crippen molar-refractivity contribution in [2.75, 3.05) is 19.5 Å². The molecule has 0 saturated heterocycles. The van der Waals surface area contributed by atoms with Crippen molar-refractivity contribution in [2.24, 2.45) is 0 Å². The molecule has 31 heavy (non-hydrogen) atoms. The van der Waals surface area contributed by atoms with Crippen molar-refractivity contribution < 1.29 is 23.8 Å². The summed E-state index contributed by atoms with van der Waals surface area (Å²) in [7, 11) is 3.12. The molecule has 6 nitrogen and oxygen atoms in total. The summed E-state index contributed by atoms with van der Waals surface area (Å²) < 4.78 is 16.9. The SMILES string of the molecule is COc1cc(/C=C/C(=O)Nc2ccc(C(=O)OC3CCCCC3)cc2)cc(Br)c1OC. The zero-order valence-electron chi connectivity index (χ0n) is 17.7. The van der Waals surface area contributed by atoms with Gasteiger partial charge in [0.05, 0.1) is 24.3 Å². The van der Waals surface area contributed by atoms with Crippen LogP contribution in [0.5, 0.6) is 11.5 Å². The predicted octanol–water partition coefficient (Wildman–Crippen LogP) is 5.61. The van der Waals surface area contributed by atoms with Gasteiger partial charge in [0.1, 0.15) is 6.10 Å². The Labute approximate surface area is 190 Å². The molecule has 2 aromatic rings. The summed E-state index contributed by atoms with van der Waals surface area (Å²) in [5.74, 6) is 0.547. The van der Waals surface area contributed by atoms with Gasteiger partial charge in [-0.15, -0.1) is 0 Å². The Bertz CT molecular complexity index is 949. The fraction of sp³-hybridized carbons (Fsp3) is 0.333. The molecule has 0 radical (unpaired) electrons. The van der Waals surface area contributed by atoms with E-state index in [1.165, 1.54) is 12.5 Å². The van der Waals surface area contributed by atoms with Crippen molar-refractivity contribution in [1.82, 2.24) is 0 Å². The Balaban J connectivity index is 1.58. The Morgan fingerprint density at radius 1 is 1.03 bits per heavy atom. The summed E-state index contributed by atoms with van der Waals surface area (Å²) in [6.07, 6.45) is 8.42. The first-order valence-electron chi connectivity index (χ1n) is 10.2. The second kappa shape index (κ2) is 11.0. The third kappa shape index (κ3) is 6.34. The van der Waals surface area contributed by atoms with E-state index in [0.717, 1.165) is 35.7 Å². The van der Waals surface area contributed by atoms with Gasteiger partial charge in [0.25, 0.3) is 0 Å². The van der Waals surface area contributed by atoms with Gasteiger partial charge in [-0.3, -0.25) is 4.79 Å². The molecular formula is C24H26BrNO5. The summed E-state index contributed by atoms with van der Waals surface area (Å²) in [5.41, 5.74) is 1.85. The highest BCUT2D eigenvalue weighted by Gasteiger charge is 2.18. The number of ether oxygens (including phenoxy) is 3. The van der Waals surface area contributed by atoms with Gasteiger partial charge in [-0.05, 0) is 89.7 Å². The molecule has 164 valence electrons. The van der Waals surface area contributed by atoms with Crippen LogP contribution in [-0.4, -0.2) is 32.2 Å². The number of benzene rings is 2. The molecule has 3 rings (SSSR count). The largest absolute Gasteiger partial charge is 0.493 e. The first-order chi connectivity index (χ1) is 15.0. The lowest BCUT2D eigenvalue weighted by Crippen LogP contribution is -2.20. The summed E-state index contributed by atoms with van der Waals surface area (Å²) in [4.78, 5) is 24.6. The van der Waals surface area contributed by atoms with Gasteiger partial charge >= 0.3 is 5.97 Å². The second-order valence-electron chi connectivity index (χ2n) is 7.30. The number of nitrogens with one attached hydrogen (secondary N) is 1. The summed E-state index contributed by atoms with van der Waals surface area (Å²) in [5, 5.41) is 2.78. The van der Waals surface area contributed by atoms with Crippen LogP contribution in [0, 0.1) is 0 Å². The summed E-state index contributed by atoms with van der Waals surface area (Å²) >= 11 is 3.43. The molecule has 0 spiro atoms. The summed E-state index contributed by atoms with van der Waals surface area (Å²) in [6.45, 7) is 0. The zero-order chi connectivity index (χ0) is 22.2. The van der Waals surface area contributed by atoms with Crippen molar-refractivity contribution in [3.05, 3.63) is 58.1 Å². The molecule has 1 amide bonds. The van der Waals surface area contributed by atoms with Gasteiger partial charge in [0.15, 0.2) is 11.5 Å². The van der Waals surface area contributed by atoms with E-state index in [9.17, 15) is 9.59 Å². The first-order valence-corrected chi connectivity index (χ1v) is 11.0. The van der Waals surface area contributed by atoms with Crippen LogP contribution in [0.1, 0.15) is 48.0 Å². The number of hydrogen-bond acceptors (Lipinski definition) is 5. The summed E-state index contributed by atoms with van der Waals surface area (Å²) in [6, 6.07) is 10.3. The highest BCUT2D eigenvalue weighted by Crippen LogP contribution is 2.36. The van der Waals surface area contributed by atoms with E-state index in [2.05, 4.69) is 21.2 Å². The molecule has 0 aliphatic heterocycles. The van der Waals surface area contributed by atoms with Crippen LogP contribution in [0.2, 0.25) is 0 Å². The topological polar surface area (TPSA) is 73.9 Å². The fourth-order valence-electron chi connectivity index (χ4n) is 3.48. The van der Waals surface area contributed by atoms with Crippen molar-refractivity contribution in [3.63, 3.8) is 0 Å². The highest BCUT2D eigenvalue weighted by atomic mass is 79.9. The molecule has 0 bridgehead atoms. The minimum atomic E-state index is -0.316. The Hall–Kier alpha value is -2.80. The van der Waals surface area contributed by atoms with Crippen LogP contribution in [0.4, 0.5) is 5.69 Å². The molecule has 1 fully saturated rings. The molecule has 0 atom stereocenters. The van der Waals surface area contributed by atoms with Crippen LogP contribution in [0.15, 0.2) is 46.9 Å². The van der Waals surface area contributed by atoms with Gasteiger partial charge in [-0.2, -0.15) is 0 Å². The average molecular weight is 488 g/mol. The number of amides is 1. The molecule has 7 heteroatoms. The number of carbonyl (C=O) groups is 2. The van der Waals surface area contributed by atoms with E-state index in [-0.39, 0.29) is 18.0 Å². The highest BCUT2D eigenvalue weighted by molar-refractivity contribution is 9.10. The Kier molecular flexibility index (Phi) is 8.12. The molecule has 1 aliphatic carbocycles. The average Bonchev–Trinajstić information content (AvgIpc) is 2.78. The lowest BCUT2D eigenvalue weighted by atomic mass is 9.98. The minimum Gasteiger partial charge on any atom is -0.493 e. The maximum absolute atomic E-state index is 12.3. The molecule has 1 N–H and O–H groups in total. The van der Waals surface area contributed by atoms with Crippen LogP contribution in [0.3, 0.4) is 0 Å². The number of methoxy groups -OCH3 is 2. The van der Waals surface area contributed by atoms with Gasteiger partial charge in [0, 0.05) is 11.8 Å². The third-order valence-corrected chi connectivity index (χ3v) is 5.69. The number of halogens is 1. The molecule has 1 saturated carbocycles. The number of carbonyl (C=O) groups excluding carboxylic acids is 2. The van der Waals surface area contributed by atoms with E-state index in [4.69, 9.17) is 14.2 Å². The lowest BCUT2D eigenvalue weighted by molar-refractivity contribution is -0.111. The van der Waals surface area contributed by atoms with Gasteiger partial charge in [-0.25, -0.2) is 4.79 Å². The quantitative estimate of drug-likeness (QED) is 0.405. The predicted molar refractivity (Wildman–Crippen MR) is 124 cm³/mol. The van der Waals surface area contributed by atoms with Crippen LogP contribution < -0.4 is 14.8 Å². The number of anilines is 1. The molecule has 2 aromatic carbocycles. The van der Waals surface area contributed by atoms with E-state index >= 15 is 0 Å². The molecule has 0 unspecified atom stereocenters. The van der Waals surface area contributed by atoms with E-state index in [1.54, 1.807) is 50.6 Å². The third-order valence-electron chi connectivity index (χ3n) is 5.10. The smallest absolute Gasteiger partial charge is 0.338 e. The monoisotopic (exact) mass is 487 g/mol. The van der Waals surface area contributed by atoms with Crippen molar-refractivity contribution in [2.45, 2.75) is 38.2 Å². The Morgan fingerprint density at radius 3 is 2.39 bits per heavy atom. The molecule has 0 aromatic heterocycles. The minimum absolute atomic E-state index is 0.0161. The normalized spacial score (nSPS) is 14.3. The molecule has 1 aliphatic rings. The van der Waals surface area contributed by atoms with Gasteiger partial charge in [-0.1, -0.05) is 6.42 Å².